The number of anilines is 2. The lowest BCUT2D eigenvalue weighted by Gasteiger charge is -2.32. The van der Waals surface area contributed by atoms with Gasteiger partial charge in [0.05, 0.1) is 5.56 Å². The van der Waals surface area contributed by atoms with Gasteiger partial charge in [-0.05, 0) is 60.4 Å². The van der Waals surface area contributed by atoms with Gasteiger partial charge in [-0.25, -0.2) is 0 Å². The number of methoxy groups -OCH3 is 1. The Bertz CT molecular complexity index is 1180. The van der Waals surface area contributed by atoms with Crippen molar-refractivity contribution >= 4 is 34.8 Å². The number of amides is 2. The molecule has 1 aliphatic rings. The number of ether oxygens (including phenoxy) is 1. The summed E-state index contributed by atoms with van der Waals surface area (Å²) in [5, 5.41) is 6.35. The van der Waals surface area contributed by atoms with Gasteiger partial charge in [0, 0.05) is 55.3 Å². The van der Waals surface area contributed by atoms with Gasteiger partial charge < -0.3 is 20.3 Å². The van der Waals surface area contributed by atoms with Gasteiger partial charge in [-0.15, -0.1) is 0 Å². The van der Waals surface area contributed by atoms with E-state index in [1.54, 1.807) is 37.4 Å². The Labute approximate surface area is 204 Å². The number of carbonyl (C=O) groups excluding carboxylic acids is 2. The monoisotopic (exact) mass is 477 g/mol. The third-order valence-electron chi connectivity index (χ3n) is 5.87. The molecular weight excluding hydrogens is 450 g/mol. The molecule has 0 atom stereocenters. The van der Waals surface area contributed by atoms with Crippen LogP contribution in [-0.2, 0) is 17.7 Å². The molecule has 34 heavy (non-hydrogen) atoms. The molecule has 0 bridgehead atoms. The maximum atomic E-state index is 13.2. The fraction of sp³-hybridized carbons (Fsp3) is 0.259. The predicted octanol–water partition coefficient (Wildman–Crippen LogP) is 4.92. The molecule has 2 N–H and O–H groups in total. The van der Waals surface area contributed by atoms with Crippen LogP contribution in [0.3, 0.4) is 0 Å². The van der Waals surface area contributed by atoms with E-state index in [-0.39, 0.29) is 11.8 Å². The summed E-state index contributed by atoms with van der Waals surface area (Å²) in [7, 11) is 1.64. The standard InChI is InChI=1S/C27H28ClN3O3/c1-34-15-5-13-29-27(33)24-17-23(30-26(32)20-8-4-9-22(28)16-20)10-11-25(24)31-14-12-19-6-2-3-7-21(19)18-31/h2-4,6-11,16-17H,5,12-15,18H2,1H3,(H,29,33)(H,30,32). The number of nitrogens with zero attached hydrogens (tertiary/aromatic N) is 1. The van der Waals surface area contributed by atoms with Crippen LogP contribution in [0.25, 0.3) is 0 Å². The van der Waals surface area contributed by atoms with Gasteiger partial charge in [0.2, 0.25) is 0 Å². The summed E-state index contributed by atoms with van der Waals surface area (Å²) in [6.07, 6.45) is 1.64. The Morgan fingerprint density at radius 3 is 2.62 bits per heavy atom. The Morgan fingerprint density at radius 1 is 1.00 bits per heavy atom. The zero-order chi connectivity index (χ0) is 23.9. The second-order valence-electron chi connectivity index (χ2n) is 8.24. The van der Waals surface area contributed by atoms with E-state index in [2.05, 4.69) is 33.7 Å². The molecule has 0 fully saturated rings. The SMILES string of the molecule is COCCCNC(=O)c1cc(NC(=O)c2cccc(Cl)c2)ccc1N1CCc2ccccc2C1. The zero-order valence-corrected chi connectivity index (χ0v) is 19.9. The van der Waals surface area contributed by atoms with Crippen LogP contribution in [-0.4, -0.2) is 38.6 Å². The molecule has 6 nitrogen and oxygen atoms in total. The molecular formula is C27H28ClN3O3. The zero-order valence-electron chi connectivity index (χ0n) is 19.1. The Morgan fingerprint density at radius 2 is 1.82 bits per heavy atom. The number of carbonyl (C=O) groups is 2. The highest BCUT2D eigenvalue weighted by atomic mass is 35.5. The van der Waals surface area contributed by atoms with Gasteiger partial charge in [0.25, 0.3) is 11.8 Å². The van der Waals surface area contributed by atoms with Crippen LogP contribution in [0.1, 0.15) is 38.3 Å². The van der Waals surface area contributed by atoms with E-state index in [4.69, 9.17) is 16.3 Å². The van der Waals surface area contributed by atoms with Gasteiger partial charge >= 0.3 is 0 Å². The molecule has 2 amide bonds. The Kier molecular flexibility index (Phi) is 7.83. The van der Waals surface area contributed by atoms with E-state index in [1.165, 1.54) is 11.1 Å². The van der Waals surface area contributed by atoms with Crippen LogP contribution in [0.15, 0.2) is 66.7 Å². The molecule has 4 rings (SSSR count). The number of benzene rings is 3. The third-order valence-corrected chi connectivity index (χ3v) is 6.10. The van der Waals surface area contributed by atoms with Crippen molar-refractivity contribution in [2.24, 2.45) is 0 Å². The number of hydrogen-bond acceptors (Lipinski definition) is 4. The van der Waals surface area contributed by atoms with Gasteiger partial charge in [-0.1, -0.05) is 41.9 Å². The van der Waals surface area contributed by atoms with Crippen molar-refractivity contribution in [3.8, 4) is 0 Å². The molecule has 0 spiro atoms. The van der Waals surface area contributed by atoms with Gasteiger partial charge in [0.15, 0.2) is 0 Å². The largest absolute Gasteiger partial charge is 0.385 e. The lowest BCUT2D eigenvalue weighted by atomic mass is 9.98. The molecule has 0 unspecified atom stereocenters. The quantitative estimate of drug-likeness (QED) is 0.452. The van der Waals surface area contributed by atoms with Crippen LogP contribution in [0.4, 0.5) is 11.4 Å². The van der Waals surface area contributed by atoms with Crippen molar-refractivity contribution in [1.29, 1.82) is 0 Å². The minimum atomic E-state index is -0.284. The first kappa shape index (κ1) is 23.8. The van der Waals surface area contributed by atoms with Crippen molar-refractivity contribution in [3.63, 3.8) is 0 Å². The topological polar surface area (TPSA) is 70.7 Å². The fourth-order valence-electron chi connectivity index (χ4n) is 4.12. The number of hydrogen-bond donors (Lipinski definition) is 2. The molecule has 3 aromatic carbocycles. The minimum absolute atomic E-state index is 0.177. The first-order chi connectivity index (χ1) is 16.5. The van der Waals surface area contributed by atoms with Gasteiger partial charge in [0.1, 0.15) is 0 Å². The molecule has 3 aromatic rings. The highest BCUT2D eigenvalue weighted by molar-refractivity contribution is 6.31. The Hall–Kier alpha value is -3.35. The minimum Gasteiger partial charge on any atom is -0.385 e. The fourth-order valence-corrected chi connectivity index (χ4v) is 4.31. The summed E-state index contributed by atoms with van der Waals surface area (Å²) in [5.74, 6) is -0.461. The van der Waals surface area contributed by atoms with Crippen molar-refractivity contribution in [2.75, 3.05) is 37.0 Å². The number of fused-ring (bicyclic) bond motifs is 1. The summed E-state index contributed by atoms with van der Waals surface area (Å²) in [4.78, 5) is 28.1. The van der Waals surface area contributed by atoms with Crippen molar-refractivity contribution < 1.29 is 14.3 Å². The lowest BCUT2D eigenvalue weighted by molar-refractivity contribution is 0.0947. The number of halogens is 1. The molecule has 0 aliphatic carbocycles. The molecule has 176 valence electrons. The number of nitrogens with one attached hydrogen (secondary N) is 2. The first-order valence-electron chi connectivity index (χ1n) is 11.3. The lowest BCUT2D eigenvalue weighted by Crippen LogP contribution is -2.33. The molecule has 0 saturated heterocycles. The van der Waals surface area contributed by atoms with Gasteiger partial charge in [-0.2, -0.15) is 0 Å². The van der Waals surface area contributed by atoms with Crippen LogP contribution in [0, 0.1) is 0 Å². The van der Waals surface area contributed by atoms with Crippen LogP contribution in [0.5, 0.6) is 0 Å². The van der Waals surface area contributed by atoms with Crippen molar-refractivity contribution in [3.05, 3.63) is 94.0 Å². The number of rotatable bonds is 8. The highest BCUT2D eigenvalue weighted by Gasteiger charge is 2.22. The van der Waals surface area contributed by atoms with Crippen LogP contribution >= 0.6 is 11.6 Å². The van der Waals surface area contributed by atoms with E-state index in [0.717, 1.165) is 31.6 Å². The van der Waals surface area contributed by atoms with E-state index in [9.17, 15) is 9.59 Å². The average molecular weight is 478 g/mol. The van der Waals surface area contributed by atoms with Crippen LogP contribution < -0.4 is 15.5 Å². The van der Waals surface area contributed by atoms with Crippen molar-refractivity contribution in [1.82, 2.24) is 5.32 Å². The molecule has 7 heteroatoms. The van der Waals surface area contributed by atoms with Gasteiger partial charge in [-0.3, -0.25) is 9.59 Å². The molecule has 1 aliphatic heterocycles. The molecule has 0 aromatic heterocycles. The first-order valence-corrected chi connectivity index (χ1v) is 11.7. The Balaban J connectivity index is 1.59. The smallest absolute Gasteiger partial charge is 0.255 e. The molecule has 0 radical (unpaired) electrons. The van der Waals surface area contributed by atoms with E-state index in [0.29, 0.717) is 35.0 Å². The van der Waals surface area contributed by atoms with E-state index in [1.807, 2.05) is 18.2 Å². The average Bonchev–Trinajstić information content (AvgIpc) is 2.86. The summed E-state index contributed by atoms with van der Waals surface area (Å²) in [5.41, 5.74) is 4.98. The maximum absolute atomic E-state index is 13.2. The second-order valence-corrected chi connectivity index (χ2v) is 8.68. The summed E-state index contributed by atoms with van der Waals surface area (Å²) in [6, 6.07) is 20.6. The van der Waals surface area contributed by atoms with Crippen LogP contribution in [0.2, 0.25) is 5.02 Å². The predicted molar refractivity (Wildman–Crippen MR) is 136 cm³/mol. The summed E-state index contributed by atoms with van der Waals surface area (Å²) >= 11 is 6.02. The normalized spacial score (nSPS) is 12.7. The molecule has 0 saturated carbocycles. The second kappa shape index (κ2) is 11.2. The third kappa shape index (κ3) is 5.76. The van der Waals surface area contributed by atoms with E-state index >= 15 is 0 Å². The summed E-state index contributed by atoms with van der Waals surface area (Å²) < 4.78 is 5.08. The van der Waals surface area contributed by atoms with E-state index < -0.39 is 0 Å². The summed E-state index contributed by atoms with van der Waals surface area (Å²) in [6.45, 7) is 2.63. The maximum Gasteiger partial charge on any atom is 0.255 e. The molecule has 1 heterocycles. The highest BCUT2D eigenvalue weighted by Crippen LogP contribution is 2.30. The van der Waals surface area contributed by atoms with Crippen molar-refractivity contribution in [2.45, 2.75) is 19.4 Å².